The van der Waals surface area contributed by atoms with Gasteiger partial charge in [0.05, 0.1) is 37.1 Å². The Kier molecular flexibility index (Phi) is 9.41. The highest BCUT2D eigenvalue weighted by Crippen LogP contribution is 2.40. The van der Waals surface area contributed by atoms with Crippen molar-refractivity contribution in [3.63, 3.8) is 0 Å². The molecule has 1 saturated carbocycles. The third-order valence-electron chi connectivity index (χ3n) is 5.73. The summed E-state index contributed by atoms with van der Waals surface area (Å²) >= 11 is 1.30. The van der Waals surface area contributed by atoms with Gasteiger partial charge in [0.2, 0.25) is 11.8 Å². The summed E-state index contributed by atoms with van der Waals surface area (Å²) in [6, 6.07) is 6.47. The number of para-hydroxylation sites is 1. The van der Waals surface area contributed by atoms with E-state index in [0.29, 0.717) is 35.2 Å². The van der Waals surface area contributed by atoms with E-state index < -0.39 is 17.7 Å². The van der Waals surface area contributed by atoms with E-state index in [2.05, 4.69) is 31.1 Å². The van der Waals surface area contributed by atoms with Crippen molar-refractivity contribution in [2.45, 2.75) is 25.4 Å². The molecule has 16 heteroatoms. The third kappa shape index (κ3) is 8.15. The predicted molar refractivity (Wildman–Crippen MR) is 146 cm³/mol. The molecule has 3 aromatic rings. The van der Waals surface area contributed by atoms with Crippen LogP contribution in [0.4, 0.5) is 17.2 Å². The molecule has 0 spiro atoms. The monoisotopic (exact) mass is 587 g/mol. The molecule has 0 saturated heterocycles. The number of rotatable bonds is 13. The van der Waals surface area contributed by atoms with Crippen LogP contribution in [-0.4, -0.2) is 81.7 Å². The van der Waals surface area contributed by atoms with Gasteiger partial charge < -0.3 is 40.7 Å². The van der Waals surface area contributed by atoms with Crippen LogP contribution in [0.2, 0.25) is 0 Å². The van der Waals surface area contributed by atoms with Gasteiger partial charge in [0, 0.05) is 36.7 Å². The lowest BCUT2D eigenvalue weighted by atomic mass is 10.1. The average molecular weight is 588 g/mol. The molecular formula is C25H29N7O8S. The van der Waals surface area contributed by atoms with Crippen LogP contribution in [0.5, 0.6) is 5.75 Å². The van der Waals surface area contributed by atoms with E-state index in [0.717, 1.165) is 17.7 Å². The lowest BCUT2D eigenvalue weighted by molar-refractivity contribution is -0.323. The van der Waals surface area contributed by atoms with Gasteiger partial charge in [-0.3, -0.25) is 19.7 Å². The molecule has 7 N–H and O–H groups in total. The Labute approximate surface area is 237 Å². The number of nitrogens with one attached hydrogen (secondary N) is 4. The van der Waals surface area contributed by atoms with E-state index in [1.165, 1.54) is 24.5 Å². The first-order chi connectivity index (χ1) is 19.6. The number of benzene rings is 1. The molecule has 218 valence electrons. The van der Waals surface area contributed by atoms with E-state index in [9.17, 15) is 29.7 Å². The Morgan fingerprint density at radius 3 is 2.59 bits per heavy atom. The highest BCUT2D eigenvalue weighted by Gasteiger charge is 2.31. The maximum absolute atomic E-state index is 12.6. The first-order valence-electron chi connectivity index (χ1n) is 12.4. The normalized spacial score (nSPS) is 12.9. The van der Waals surface area contributed by atoms with E-state index in [1.807, 2.05) is 0 Å². The summed E-state index contributed by atoms with van der Waals surface area (Å²) < 4.78 is 10.6. The maximum Gasteiger partial charge on any atom is 0.369 e. The Morgan fingerprint density at radius 1 is 1.12 bits per heavy atom. The smallest absolute Gasteiger partial charge is 0.369 e. The van der Waals surface area contributed by atoms with Crippen molar-refractivity contribution in [3.8, 4) is 16.3 Å². The fraction of sp³-hybridized carbons (Fsp3) is 0.360. The molecule has 4 rings (SSSR count). The molecule has 15 nitrogen and oxygen atoms in total. The van der Waals surface area contributed by atoms with Gasteiger partial charge >= 0.3 is 6.10 Å². The minimum atomic E-state index is -3.50. The second-order valence-electron chi connectivity index (χ2n) is 9.01. The van der Waals surface area contributed by atoms with Gasteiger partial charge in [-0.2, -0.15) is 0 Å². The number of nitrogens with zero attached hydrogens (tertiary/aromatic N) is 3. The number of hydrogen-bond acceptors (Lipinski definition) is 13. The number of methoxy groups -OCH3 is 2. The number of aliphatic hydroxyl groups is 3. The molecule has 2 heterocycles. The average Bonchev–Trinajstić information content (AvgIpc) is 3.67. The SMILES string of the molecule is COCCNC(=O)Cc1cnc(-c2cccc(Nc3cc(NC(=O)C4CC4)nnc3C(=O)NC(O)(O)O)c2OC)s1. The van der Waals surface area contributed by atoms with Crippen LogP contribution in [0.15, 0.2) is 30.5 Å². The molecule has 1 aliphatic carbocycles. The number of ether oxygens (including phenoxy) is 2. The van der Waals surface area contributed by atoms with E-state index >= 15 is 0 Å². The summed E-state index contributed by atoms with van der Waals surface area (Å²) in [4.78, 5) is 42.2. The first kappa shape index (κ1) is 29.8. The maximum atomic E-state index is 12.6. The Morgan fingerprint density at radius 2 is 1.90 bits per heavy atom. The molecule has 0 atom stereocenters. The molecule has 2 aromatic heterocycles. The molecule has 0 radical (unpaired) electrons. The van der Waals surface area contributed by atoms with Crippen LogP contribution in [0, 0.1) is 5.92 Å². The number of thiazole rings is 1. The van der Waals surface area contributed by atoms with Gasteiger partial charge in [-0.15, -0.1) is 21.5 Å². The summed E-state index contributed by atoms with van der Waals surface area (Å²) in [5.74, 6) is -1.31. The second kappa shape index (κ2) is 13.0. The summed E-state index contributed by atoms with van der Waals surface area (Å²) in [6.07, 6.45) is -0.241. The van der Waals surface area contributed by atoms with Crippen molar-refractivity contribution in [3.05, 3.63) is 41.0 Å². The van der Waals surface area contributed by atoms with Crippen molar-refractivity contribution in [1.29, 1.82) is 0 Å². The Hall–Kier alpha value is -4.22. The van der Waals surface area contributed by atoms with E-state index in [-0.39, 0.29) is 35.7 Å². The number of anilines is 3. The number of aromatic nitrogens is 3. The third-order valence-corrected chi connectivity index (χ3v) is 6.76. The van der Waals surface area contributed by atoms with E-state index in [4.69, 9.17) is 9.47 Å². The summed E-state index contributed by atoms with van der Waals surface area (Å²) in [7, 11) is 2.99. The van der Waals surface area contributed by atoms with Crippen LogP contribution in [0.1, 0.15) is 28.2 Å². The predicted octanol–water partition coefficient (Wildman–Crippen LogP) is 0.324. The molecular weight excluding hydrogens is 558 g/mol. The van der Waals surface area contributed by atoms with Gasteiger partial charge in [0.15, 0.2) is 17.3 Å². The zero-order valence-electron chi connectivity index (χ0n) is 22.1. The lowest BCUT2D eigenvalue weighted by Gasteiger charge is -2.18. The van der Waals surface area contributed by atoms with Crippen LogP contribution in [0.25, 0.3) is 10.6 Å². The lowest BCUT2D eigenvalue weighted by Crippen LogP contribution is -2.48. The molecule has 0 bridgehead atoms. The van der Waals surface area contributed by atoms with Crippen LogP contribution >= 0.6 is 11.3 Å². The molecule has 41 heavy (non-hydrogen) atoms. The van der Waals surface area contributed by atoms with Crippen LogP contribution in [-0.2, 0) is 20.7 Å². The number of amides is 3. The largest absolute Gasteiger partial charge is 0.494 e. The van der Waals surface area contributed by atoms with Crippen molar-refractivity contribution < 1.29 is 39.2 Å². The molecule has 0 aliphatic heterocycles. The number of carbonyl (C=O) groups is 3. The number of hydrogen-bond donors (Lipinski definition) is 7. The van der Waals surface area contributed by atoms with Crippen LogP contribution in [0.3, 0.4) is 0 Å². The highest BCUT2D eigenvalue weighted by atomic mass is 32.1. The van der Waals surface area contributed by atoms with Crippen LogP contribution < -0.4 is 26.0 Å². The van der Waals surface area contributed by atoms with Crippen molar-refractivity contribution in [2.24, 2.45) is 5.92 Å². The zero-order valence-corrected chi connectivity index (χ0v) is 22.9. The minimum absolute atomic E-state index is 0.0101. The van der Waals surface area contributed by atoms with Crippen molar-refractivity contribution >= 4 is 46.3 Å². The zero-order chi connectivity index (χ0) is 29.6. The minimum Gasteiger partial charge on any atom is -0.494 e. The van der Waals surface area contributed by atoms with Gasteiger partial charge in [0.1, 0.15) is 5.01 Å². The Balaban J connectivity index is 1.62. The van der Waals surface area contributed by atoms with Gasteiger partial charge in [0.25, 0.3) is 5.91 Å². The molecule has 0 unspecified atom stereocenters. The van der Waals surface area contributed by atoms with Crippen molar-refractivity contribution in [1.82, 2.24) is 25.8 Å². The van der Waals surface area contributed by atoms with Gasteiger partial charge in [-0.25, -0.2) is 4.98 Å². The number of carbonyl (C=O) groups excluding carboxylic acids is 3. The summed E-state index contributed by atoms with van der Waals surface area (Å²) in [5.41, 5.74) is 0.544. The quantitative estimate of drug-likeness (QED) is 0.106. The molecule has 3 amide bonds. The van der Waals surface area contributed by atoms with Crippen molar-refractivity contribution in [2.75, 3.05) is 38.0 Å². The Bertz CT molecular complexity index is 1420. The molecule has 1 aliphatic rings. The standard InChI is InChI=1S/C25H29N7O8S/c1-39-9-8-26-19(33)10-14-12-27-24(41-14)15-4-3-5-16(21(15)40-2)28-17-11-18(29-22(34)13-6-7-13)31-32-20(17)23(35)30-25(36,37)38/h3-5,11-13,36-38H,6-10H2,1-2H3,(H,26,33)(H,30,35)(H2,28,29,31,34). The molecule has 1 aromatic carbocycles. The van der Waals surface area contributed by atoms with Gasteiger partial charge in [-0.1, -0.05) is 6.07 Å². The van der Waals surface area contributed by atoms with E-state index in [1.54, 1.807) is 36.8 Å². The summed E-state index contributed by atoms with van der Waals surface area (Å²) in [6.45, 7) is 0.802. The topological polar surface area (TPSA) is 217 Å². The molecule has 1 fully saturated rings. The first-order valence-corrected chi connectivity index (χ1v) is 13.2. The second-order valence-corrected chi connectivity index (χ2v) is 10.1. The van der Waals surface area contributed by atoms with Gasteiger partial charge in [-0.05, 0) is 25.0 Å². The fourth-order valence-electron chi connectivity index (χ4n) is 3.70. The highest BCUT2D eigenvalue weighted by molar-refractivity contribution is 7.15. The summed E-state index contributed by atoms with van der Waals surface area (Å²) in [5, 5.41) is 45.9. The fourth-order valence-corrected chi connectivity index (χ4v) is 4.63.